The van der Waals surface area contributed by atoms with E-state index in [1.165, 1.54) is 0 Å². The molecule has 1 amide bonds. The van der Waals surface area contributed by atoms with Gasteiger partial charge in [-0.1, -0.05) is 0 Å². The summed E-state index contributed by atoms with van der Waals surface area (Å²) in [5.41, 5.74) is 0.968. The van der Waals surface area contributed by atoms with E-state index in [1.54, 1.807) is 7.05 Å². The highest BCUT2D eigenvalue weighted by atomic mass is 16.1. The molecule has 1 atom stereocenters. The maximum Gasteiger partial charge on any atom is 0.224 e. The minimum Gasteiger partial charge on any atom is -0.370 e. The van der Waals surface area contributed by atoms with Gasteiger partial charge in [-0.15, -0.1) is 0 Å². The van der Waals surface area contributed by atoms with Gasteiger partial charge in [-0.05, 0) is 33.2 Å². The molecule has 0 saturated carbocycles. The van der Waals surface area contributed by atoms with Crippen molar-refractivity contribution in [2.24, 2.45) is 5.92 Å². The zero-order valence-electron chi connectivity index (χ0n) is 13.1. The monoisotopic (exact) mass is 291 g/mol. The second-order valence-electron chi connectivity index (χ2n) is 5.53. The molecule has 1 fully saturated rings. The van der Waals surface area contributed by atoms with E-state index in [4.69, 9.17) is 0 Å². The first kappa shape index (κ1) is 15.7. The van der Waals surface area contributed by atoms with E-state index in [0.29, 0.717) is 6.54 Å². The van der Waals surface area contributed by atoms with E-state index in [0.717, 1.165) is 49.8 Å². The van der Waals surface area contributed by atoms with Crippen LogP contribution in [0, 0.1) is 12.8 Å². The molecule has 0 aliphatic carbocycles. The number of nitrogens with zero attached hydrogens (tertiary/aromatic N) is 3. The molecule has 6 heteroatoms. The lowest BCUT2D eigenvalue weighted by atomic mass is 9.97. The van der Waals surface area contributed by atoms with Crippen LogP contribution in [0.3, 0.4) is 0 Å². The zero-order chi connectivity index (χ0) is 15.2. The van der Waals surface area contributed by atoms with Crippen molar-refractivity contribution >= 4 is 11.7 Å². The third-order valence-corrected chi connectivity index (χ3v) is 3.75. The van der Waals surface area contributed by atoms with Gasteiger partial charge in [0.05, 0.1) is 12.5 Å². The van der Waals surface area contributed by atoms with Crippen LogP contribution in [0.5, 0.6) is 0 Å². The molecule has 1 saturated heterocycles. The smallest absolute Gasteiger partial charge is 0.224 e. The molecule has 1 unspecified atom stereocenters. The number of hydrogen-bond donors (Lipinski definition) is 2. The van der Waals surface area contributed by atoms with Crippen LogP contribution in [0.25, 0.3) is 0 Å². The first-order chi connectivity index (χ1) is 10.1. The van der Waals surface area contributed by atoms with Gasteiger partial charge in [0, 0.05) is 31.9 Å². The second-order valence-corrected chi connectivity index (χ2v) is 5.53. The molecule has 1 aliphatic heterocycles. The highest BCUT2D eigenvalue weighted by Crippen LogP contribution is 2.18. The Kier molecular flexibility index (Phi) is 5.50. The molecule has 21 heavy (non-hydrogen) atoms. The highest BCUT2D eigenvalue weighted by molar-refractivity contribution is 5.78. The fraction of sp³-hybridized carbons (Fsp3) is 0.667. The average Bonchev–Trinajstić information content (AvgIpc) is 2.46. The Morgan fingerprint density at radius 1 is 1.48 bits per heavy atom. The first-order valence-electron chi connectivity index (χ1n) is 7.64. The van der Waals surface area contributed by atoms with Gasteiger partial charge in [0.1, 0.15) is 11.6 Å². The Hall–Kier alpha value is -1.69. The van der Waals surface area contributed by atoms with Gasteiger partial charge in [0.15, 0.2) is 0 Å². The Morgan fingerprint density at radius 2 is 2.29 bits per heavy atom. The van der Waals surface area contributed by atoms with Gasteiger partial charge >= 0.3 is 0 Å². The van der Waals surface area contributed by atoms with Gasteiger partial charge < -0.3 is 10.6 Å². The molecule has 1 aromatic heterocycles. The summed E-state index contributed by atoms with van der Waals surface area (Å²) in [4.78, 5) is 23.1. The number of rotatable bonds is 5. The van der Waals surface area contributed by atoms with E-state index < -0.39 is 0 Å². The molecule has 6 nitrogen and oxygen atoms in total. The maximum atomic E-state index is 11.8. The highest BCUT2D eigenvalue weighted by Gasteiger charge is 2.25. The quantitative estimate of drug-likeness (QED) is 0.852. The summed E-state index contributed by atoms with van der Waals surface area (Å²) in [6.07, 6.45) is 2.01. The molecular formula is C15H25N5O. The van der Waals surface area contributed by atoms with Crippen molar-refractivity contribution in [3.05, 3.63) is 17.6 Å². The summed E-state index contributed by atoms with van der Waals surface area (Å²) in [7, 11) is 1.70. The van der Waals surface area contributed by atoms with E-state index in [-0.39, 0.29) is 11.8 Å². The van der Waals surface area contributed by atoms with Gasteiger partial charge in [0.25, 0.3) is 0 Å². The normalized spacial score (nSPS) is 19.3. The standard InChI is InChI=1S/C15H25N5O/c1-4-17-13-8-11(2)18-14(19-13)10-20-7-5-6-12(9-20)15(21)16-3/h8,12H,4-7,9-10H2,1-3H3,(H,16,21)(H,17,18,19). The van der Waals surface area contributed by atoms with Crippen molar-refractivity contribution < 1.29 is 4.79 Å². The molecular weight excluding hydrogens is 266 g/mol. The Morgan fingerprint density at radius 3 is 3.00 bits per heavy atom. The number of likely N-dealkylation sites (tertiary alicyclic amines) is 1. The van der Waals surface area contributed by atoms with Gasteiger partial charge in [-0.2, -0.15) is 0 Å². The Bertz CT molecular complexity index is 491. The predicted octanol–water partition coefficient (Wildman–Crippen LogP) is 1.17. The lowest BCUT2D eigenvalue weighted by Gasteiger charge is -2.31. The Labute approximate surface area is 126 Å². The third-order valence-electron chi connectivity index (χ3n) is 3.75. The molecule has 0 radical (unpaired) electrons. The number of aryl methyl sites for hydroxylation is 1. The van der Waals surface area contributed by atoms with Crippen LogP contribution in [0.2, 0.25) is 0 Å². The van der Waals surface area contributed by atoms with Crippen molar-refractivity contribution in [2.75, 3.05) is 32.0 Å². The van der Waals surface area contributed by atoms with E-state index >= 15 is 0 Å². The molecule has 116 valence electrons. The second kappa shape index (κ2) is 7.36. The minimum absolute atomic E-state index is 0.0850. The fourth-order valence-electron chi connectivity index (χ4n) is 2.79. The van der Waals surface area contributed by atoms with Crippen molar-refractivity contribution in [3.63, 3.8) is 0 Å². The van der Waals surface area contributed by atoms with Crippen molar-refractivity contribution in [1.82, 2.24) is 20.2 Å². The van der Waals surface area contributed by atoms with Crippen molar-refractivity contribution in [2.45, 2.75) is 33.2 Å². The topological polar surface area (TPSA) is 70.2 Å². The molecule has 2 rings (SSSR count). The number of anilines is 1. The summed E-state index contributed by atoms with van der Waals surface area (Å²) in [6, 6.07) is 1.95. The third kappa shape index (κ3) is 4.39. The van der Waals surface area contributed by atoms with Crippen molar-refractivity contribution in [1.29, 1.82) is 0 Å². The minimum atomic E-state index is 0.0850. The van der Waals surface area contributed by atoms with Crippen LogP contribution in [-0.2, 0) is 11.3 Å². The van der Waals surface area contributed by atoms with Crippen LogP contribution in [0.1, 0.15) is 31.3 Å². The number of carbonyl (C=O) groups excluding carboxylic acids is 1. The van der Waals surface area contributed by atoms with Crippen LogP contribution in [0.15, 0.2) is 6.07 Å². The van der Waals surface area contributed by atoms with Gasteiger partial charge in [0.2, 0.25) is 5.91 Å². The van der Waals surface area contributed by atoms with Crippen LogP contribution < -0.4 is 10.6 Å². The van der Waals surface area contributed by atoms with Gasteiger partial charge in [-0.3, -0.25) is 9.69 Å². The summed E-state index contributed by atoms with van der Waals surface area (Å²) >= 11 is 0. The summed E-state index contributed by atoms with van der Waals surface area (Å²) in [6.45, 7) is 7.37. The number of aromatic nitrogens is 2. The van der Waals surface area contributed by atoms with Crippen LogP contribution in [-0.4, -0.2) is 47.5 Å². The largest absolute Gasteiger partial charge is 0.370 e. The van der Waals surface area contributed by atoms with Crippen LogP contribution in [0.4, 0.5) is 5.82 Å². The first-order valence-corrected chi connectivity index (χ1v) is 7.64. The number of nitrogens with one attached hydrogen (secondary N) is 2. The van der Waals surface area contributed by atoms with Crippen LogP contribution >= 0.6 is 0 Å². The number of piperidine rings is 1. The van der Waals surface area contributed by atoms with E-state index in [9.17, 15) is 4.79 Å². The molecule has 2 N–H and O–H groups in total. The summed E-state index contributed by atoms with van der Waals surface area (Å²) in [5, 5.41) is 5.98. The maximum absolute atomic E-state index is 11.8. The molecule has 0 spiro atoms. The fourth-order valence-corrected chi connectivity index (χ4v) is 2.79. The number of amides is 1. The molecule has 1 aromatic rings. The average molecular weight is 291 g/mol. The molecule has 1 aliphatic rings. The van der Waals surface area contributed by atoms with Gasteiger partial charge in [-0.25, -0.2) is 9.97 Å². The molecule has 2 heterocycles. The molecule has 0 aromatic carbocycles. The number of carbonyl (C=O) groups is 1. The zero-order valence-corrected chi connectivity index (χ0v) is 13.1. The van der Waals surface area contributed by atoms with E-state index in [2.05, 4.69) is 32.4 Å². The lowest BCUT2D eigenvalue weighted by molar-refractivity contribution is -0.126. The summed E-state index contributed by atoms with van der Waals surface area (Å²) < 4.78 is 0. The molecule has 0 bridgehead atoms. The lowest BCUT2D eigenvalue weighted by Crippen LogP contribution is -2.42. The van der Waals surface area contributed by atoms with E-state index in [1.807, 2.05) is 13.0 Å². The number of hydrogen-bond acceptors (Lipinski definition) is 5. The Balaban J connectivity index is 2.02. The van der Waals surface area contributed by atoms with Crippen molar-refractivity contribution in [3.8, 4) is 0 Å². The predicted molar refractivity (Wildman–Crippen MR) is 83.0 cm³/mol. The summed E-state index contributed by atoms with van der Waals surface area (Å²) in [5.74, 6) is 1.92. The SMILES string of the molecule is CCNc1cc(C)nc(CN2CCCC(C(=O)NC)C2)n1.